The molecule has 0 aliphatic heterocycles. The first-order valence-electron chi connectivity index (χ1n) is 6.87. The van der Waals surface area contributed by atoms with Crippen molar-refractivity contribution < 1.29 is 4.42 Å². The van der Waals surface area contributed by atoms with E-state index in [0.717, 1.165) is 12.2 Å². The topological polar surface area (TPSA) is 64.9 Å². The molecule has 0 bridgehead atoms. The Balaban J connectivity index is 1.94. The summed E-state index contributed by atoms with van der Waals surface area (Å²) < 4.78 is 5.63. The van der Waals surface area contributed by atoms with Gasteiger partial charge in [0.25, 0.3) is 5.22 Å². The zero-order chi connectivity index (χ0) is 14.5. The van der Waals surface area contributed by atoms with Gasteiger partial charge in [-0.3, -0.25) is 0 Å². The summed E-state index contributed by atoms with van der Waals surface area (Å²) in [6, 6.07) is 8.26. The van der Waals surface area contributed by atoms with Crippen LogP contribution in [0.1, 0.15) is 43.3 Å². The minimum atomic E-state index is -0.179. The Morgan fingerprint density at radius 2 is 1.95 bits per heavy atom. The maximum atomic E-state index is 6.08. The van der Waals surface area contributed by atoms with Crippen molar-refractivity contribution in [3.63, 3.8) is 0 Å². The third kappa shape index (κ3) is 3.84. The van der Waals surface area contributed by atoms with Gasteiger partial charge in [0.05, 0.1) is 6.04 Å². The molecule has 4 nitrogen and oxygen atoms in total. The summed E-state index contributed by atoms with van der Waals surface area (Å²) >= 11 is 1.54. The molecule has 0 spiro atoms. The highest BCUT2D eigenvalue weighted by Gasteiger charge is 2.19. The van der Waals surface area contributed by atoms with E-state index in [1.54, 1.807) is 11.8 Å². The number of thioether (sulfide) groups is 1. The van der Waals surface area contributed by atoms with Crippen LogP contribution in [-0.4, -0.2) is 10.2 Å². The minimum Gasteiger partial charge on any atom is -0.414 e. The number of nitrogens with zero attached hydrogens (tertiary/aromatic N) is 2. The molecule has 2 N–H and O–H groups in total. The Bertz CT molecular complexity index is 538. The molecule has 1 aromatic heterocycles. The minimum absolute atomic E-state index is 0.179. The van der Waals surface area contributed by atoms with E-state index in [4.69, 9.17) is 10.2 Å². The van der Waals surface area contributed by atoms with Gasteiger partial charge in [0.2, 0.25) is 5.89 Å². The molecule has 0 unspecified atom stereocenters. The summed E-state index contributed by atoms with van der Waals surface area (Å²) in [7, 11) is 0. The fourth-order valence-corrected chi connectivity index (χ4v) is 2.47. The second-order valence-corrected chi connectivity index (χ2v) is 6.02. The molecule has 5 heteroatoms. The van der Waals surface area contributed by atoms with E-state index in [0.29, 0.717) is 17.0 Å². The first kappa shape index (κ1) is 15.1. The fourth-order valence-electron chi connectivity index (χ4n) is 1.74. The van der Waals surface area contributed by atoms with Gasteiger partial charge in [0.15, 0.2) is 0 Å². The lowest BCUT2D eigenvalue weighted by Crippen LogP contribution is -2.18. The van der Waals surface area contributed by atoms with Crippen molar-refractivity contribution in [2.24, 2.45) is 11.7 Å². The fraction of sp³-hybridized carbons (Fsp3) is 0.467. The van der Waals surface area contributed by atoms with Crippen molar-refractivity contribution in [2.75, 3.05) is 0 Å². The Hall–Kier alpha value is -1.33. The van der Waals surface area contributed by atoms with Crippen molar-refractivity contribution in [3.05, 3.63) is 41.3 Å². The van der Waals surface area contributed by atoms with E-state index in [-0.39, 0.29) is 6.04 Å². The van der Waals surface area contributed by atoms with Crippen molar-refractivity contribution in [2.45, 2.75) is 44.2 Å². The van der Waals surface area contributed by atoms with E-state index in [1.165, 1.54) is 11.1 Å². The number of rotatable bonds is 6. The number of hydrogen-bond acceptors (Lipinski definition) is 5. The lowest BCUT2D eigenvalue weighted by Gasteiger charge is -2.13. The molecule has 0 saturated carbocycles. The summed E-state index contributed by atoms with van der Waals surface area (Å²) in [5.74, 6) is 1.69. The van der Waals surface area contributed by atoms with Crippen LogP contribution in [0.4, 0.5) is 0 Å². The molecule has 1 aromatic carbocycles. The van der Waals surface area contributed by atoms with E-state index < -0.39 is 0 Å². The van der Waals surface area contributed by atoms with Crippen LogP contribution >= 0.6 is 11.8 Å². The Morgan fingerprint density at radius 3 is 2.60 bits per heavy atom. The molecular formula is C15H21N3OS. The van der Waals surface area contributed by atoms with Crippen LogP contribution < -0.4 is 5.73 Å². The van der Waals surface area contributed by atoms with Crippen LogP contribution in [0.5, 0.6) is 0 Å². The van der Waals surface area contributed by atoms with Gasteiger partial charge in [0.1, 0.15) is 0 Å². The largest absolute Gasteiger partial charge is 0.414 e. The van der Waals surface area contributed by atoms with Crippen LogP contribution in [0.2, 0.25) is 0 Å². The van der Waals surface area contributed by atoms with Crippen molar-refractivity contribution in [1.29, 1.82) is 0 Å². The summed E-state index contributed by atoms with van der Waals surface area (Å²) in [6.07, 6.45) is 0.995. The SMILES string of the molecule is CC[C@H](C)[C@H](N)c1nnc(SCc2ccc(C)cc2)o1. The zero-order valence-electron chi connectivity index (χ0n) is 12.2. The highest BCUT2D eigenvalue weighted by Crippen LogP contribution is 2.26. The normalized spacial score (nSPS) is 14.2. The lowest BCUT2D eigenvalue weighted by atomic mass is 10.0. The lowest BCUT2D eigenvalue weighted by molar-refractivity contribution is 0.333. The van der Waals surface area contributed by atoms with Crippen LogP contribution in [-0.2, 0) is 5.75 Å². The first-order chi connectivity index (χ1) is 9.60. The number of benzene rings is 1. The Kier molecular flexibility index (Phi) is 5.20. The molecule has 2 rings (SSSR count). The van der Waals surface area contributed by atoms with E-state index in [1.807, 2.05) is 0 Å². The monoisotopic (exact) mass is 291 g/mol. The molecule has 0 aliphatic rings. The van der Waals surface area contributed by atoms with Gasteiger partial charge in [-0.1, -0.05) is 61.9 Å². The quantitative estimate of drug-likeness (QED) is 0.822. The number of aromatic nitrogens is 2. The molecule has 1 heterocycles. The Labute approximate surface area is 124 Å². The number of hydrogen-bond donors (Lipinski definition) is 1. The van der Waals surface area contributed by atoms with Gasteiger partial charge >= 0.3 is 0 Å². The highest BCUT2D eigenvalue weighted by molar-refractivity contribution is 7.98. The van der Waals surface area contributed by atoms with Crippen molar-refractivity contribution in [1.82, 2.24) is 10.2 Å². The molecule has 0 fully saturated rings. The van der Waals surface area contributed by atoms with Crippen LogP contribution in [0.3, 0.4) is 0 Å². The number of aryl methyl sites for hydroxylation is 1. The van der Waals surface area contributed by atoms with Gasteiger partial charge < -0.3 is 10.2 Å². The third-order valence-corrected chi connectivity index (χ3v) is 4.34. The average molecular weight is 291 g/mol. The summed E-state index contributed by atoms with van der Waals surface area (Å²) in [6.45, 7) is 6.28. The smallest absolute Gasteiger partial charge is 0.276 e. The molecule has 0 aliphatic carbocycles. The molecule has 0 amide bonds. The van der Waals surface area contributed by atoms with Gasteiger partial charge in [-0.05, 0) is 18.4 Å². The molecule has 108 valence electrons. The third-order valence-electron chi connectivity index (χ3n) is 3.45. The standard InChI is InChI=1S/C15H21N3OS/c1-4-11(3)13(16)14-17-18-15(19-14)20-9-12-7-5-10(2)6-8-12/h5-8,11,13H,4,9,16H2,1-3H3/t11-,13-/m0/s1. The molecular weight excluding hydrogens is 270 g/mol. The second kappa shape index (κ2) is 6.90. The van der Waals surface area contributed by atoms with Gasteiger partial charge in [0, 0.05) is 5.75 Å². The van der Waals surface area contributed by atoms with E-state index in [2.05, 4.69) is 55.2 Å². The van der Waals surface area contributed by atoms with Crippen molar-refractivity contribution in [3.8, 4) is 0 Å². The summed E-state index contributed by atoms with van der Waals surface area (Å²) in [4.78, 5) is 0. The summed E-state index contributed by atoms with van der Waals surface area (Å²) in [5.41, 5.74) is 8.59. The van der Waals surface area contributed by atoms with Gasteiger partial charge in [-0.25, -0.2) is 0 Å². The van der Waals surface area contributed by atoms with E-state index in [9.17, 15) is 0 Å². The van der Waals surface area contributed by atoms with E-state index >= 15 is 0 Å². The zero-order valence-corrected chi connectivity index (χ0v) is 13.0. The van der Waals surface area contributed by atoms with Gasteiger partial charge in [-0.2, -0.15) is 0 Å². The highest BCUT2D eigenvalue weighted by atomic mass is 32.2. The van der Waals surface area contributed by atoms with Crippen LogP contribution in [0.25, 0.3) is 0 Å². The van der Waals surface area contributed by atoms with Crippen LogP contribution in [0.15, 0.2) is 33.9 Å². The van der Waals surface area contributed by atoms with Crippen LogP contribution in [0, 0.1) is 12.8 Å². The maximum absolute atomic E-state index is 6.08. The summed E-state index contributed by atoms with van der Waals surface area (Å²) in [5, 5.41) is 8.68. The molecule has 20 heavy (non-hydrogen) atoms. The molecule has 0 saturated heterocycles. The maximum Gasteiger partial charge on any atom is 0.276 e. The number of nitrogens with two attached hydrogens (primary N) is 1. The average Bonchev–Trinajstić information content (AvgIpc) is 2.94. The van der Waals surface area contributed by atoms with Gasteiger partial charge in [-0.15, -0.1) is 10.2 Å². The Morgan fingerprint density at radius 1 is 1.25 bits per heavy atom. The molecule has 2 atom stereocenters. The predicted octanol–water partition coefficient (Wildman–Crippen LogP) is 3.72. The molecule has 2 aromatic rings. The first-order valence-corrected chi connectivity index (χ1v) is 7.86. The predicted molar refractivity (Wildman–Crippen MR) is 81.4 cm³/mol. The second-order valence-electron chi connectivity index (χ2n) is 5.09. The van der Waals surface area contributed by atoms with Crippen molar-refractivity contribution >= 4 is 11.8 Å². The molecule has 0 radical (unpaired) electrons.